The van der Waals surface area contributed by atoms with Crippen LogP contribution in [0.25, 0.3) is 0 Å². The summed E-state index contributed by atoms with van der Waals surface area (Å²) in [5.74, 6) is -1.87. The number of alkyl halides is 1. The first-order valence-electron chi connectivity index (χ1n) is 7.98. The van der Waals surface area contributed by atoms with Gasteiger partial charge >= 0.3 is 0 Å². The maximum absolute atomic E-state index is 14.5. The molecule has 10 heteroatoms. The summed E-state index contributed by atoms with van der Waals surface area (Å²) >= 11 is 5.70. The van der Waals surface area contributed by atoms with Gasteiger partial charge in [-0.05, 0) is 31.2 Å². The third-order valence-electron chi connectivity index (χ3n) is 3.97. The lowest BCUT2D eigenvalue weighted by Gasteiger charge is -2.28. The van der Waals surface area contributed by atoms with Gasteiger partial charge in [-0.1, -0.05) is 11.6 Å². The van der Waals surface area contributed by atoms with Crippen LogP contribution in [0.15, 0.2) is 47.3 Å². The van der Waals surface area contributed by atoms with Crippen molar-refractivity contribution in [2.45, 2.75) is 12.5 Å². The molecule has 0 fully saturated rings. The average molecular weight is 409 g/mol. The molecule has 4 N–H and O–H groups in total. The number of pyridine rings is 1. The summed E-state index contributed by atoms with van der Waals surface area (Å²) in [5, 5.41) is 12.5. The number of benzene rings is 1. The molecule has 7 nitrogen and oxygen atoms in total. The molecule has 0 saturated carbocycles. The summed E-state index contributed by atoms with van der Waals surface area (Å²) in [7, 11) is 0. The predicted octanol–water partition coefficient (Wildman–Crippen LogP) is 3.25. The first-order chi connectivity index (χ1) is 13.2. The normalized spacial score (nSPS) is 18.7. The Morgan fingerprint density at radius 1 is 1.43 bits per heavy atom. The lowest BCUT2D eigenvalue weighted by molar-refractivity contribution is 0.101. The van der Waals surface area contributed by atoms with Crippen molar-refractivity contribution in [3.63, 3.8) is 0 Å². The molecule has 1 aromatic heterocycles. The molecule has 0 bridgehead atoms. The summed E-state index contributed by atoms with van der Waals surface area (Å²) in [5.41, 5.74) is 4.22. The number of aromatic hydroxyl groups is 1. The number of amides is 1. The van der Waals surface area contributed by atoms with E-state index in [2.05, 4.69) is 15.3 Å². The van der Waals surface area contributed by atoms with E-state index in [4.69, 9.17) is 22.1 Å². The fourth-order valence-corrected chi connectivity index (χ4v) is 2.90. The third-order valence-corrected chi connectivity index (χ3v) is 4.18. The fraction of sp³-hybridized carbons (Fsp3) is 0.167. The summed E-state index contributed by atoms with van der Waals surface area (Å²) in [4.78, 5) is 20.2. The van der Waals surface area contributed by atoms with E-state index in [-0.39, 0.29) is 33.7 Å². The number of nitrogens with one attached hydrogen (secondary N) is 1. The first kappa shape index (κ1) is 19.6. The van der Waals surface area contributed by atoms with E-state index in [0.717, 1.165) is 6.07 Å². The second-order valence-corrected chi connectivity index (χ2v) is 6.55. The van der Waals surface area contributed by atoms with Gasteiger partial charge in [-0.2, -0.15) is 0 Å². The van der Waals surface area contributed by atoms with E-state index in [1.807, 2.05) is 0 Å². The first-order valence-corrected chi connectivity index (χ1v) is 8.36. The lowest BCUT2D eigenvalue weighted by Crippen LogP contribution is -2.31. The highest BCUT2D eigenvalue weighted by molar-refractivity contribution is 6.30. The van der Waals surface area contributed by atoms with Crippen molar-refractivity contribution in [2.24, 2.45) is 10.7 Å². The van der Waals surface area contributed by atoms with Crippen LogP contribution in [0.3, 0.4) is 0 Å². The summed E-state index contributed by atoms with van der Waals surface area (Å²) in [6, 6.07) is 4.63. The van der Waals surface area contributed by atoms with Crippen LogP contribution < -0.4 is 11.1 Å². The standard InChI is InChI=1S/C18H15ClF2N4O3/c1-18(6-11(7-20)28-17(22)25-18)12-5-10(2-3-13(12)21)24-16(27)15-14(26)4-9(19)8-23-15/h2-6,8,26H,7H2,1H3,(H2,22,25)(H,24,27)/t18-/m0/s1. The average Bonchev–Trinajstić information content (AvgIpc) is 2.62. The topological polar surface area (TPSA) is 110 Å². The van der Waals surface area contributed by atoms with Gasteiger partial charge in [-0.15, -0.1) is 0 Å². The molecule has 28 heavy (non-hydrogen) atoms. The number of carbonyl (C=O) groups excluding carboxylic acids is 1. The minimum absolute atomic E-state index is 0.0378. The Morgan fingerprint density at radius 3 is 2.86 bits per heavy atom. The molecule has 1 aliphatic rings. The summed E-state index contributed by atoms with van der Waals surface area (Å²) in [6.07, 6.45) is 2.51. The van der Waals surface area contributed by atoms with E-state index in [1.54, 1.807) is 0 Å². The molecule has 1 aromatic carbocycles. The number of ether oxygens (including phenoxy) is 1. The van der Waals surface area contributed by atoms with Crippen molar-refractivity contribution in [3.05, 3.63) is 64.4 Å². The summed E-state index contributed by atoms with van der Waals surface area (Å²) < 4.78 is 32.4. The number of halogens is 3. The van der Waals surface area contributed by atoms with Gasteiger partial charge in [0.1, 0.15) is 29.5 Å². The number of aromatic nitrogens is 1. The van der Waals surface area contributed by atoms with Crippen molar-refractivity contribution in [1.29, 1.82) is 0 Å². The van der Waals surface area contributed by atoms with Gasteiger partial charge < -0.3 is 20.9 Å². The van der Waals surface area contributed by atoms with Crippen LogP contribution in [0.4, 0.5) is 14.5 Å². The van der Waals surface area contributed by atoms with Crippen LogP contribution in [0.2, 0.25) is 5.02 Å². The second-order valence-electron chi connectivity index (χ2n) is 6.11. The Bertz CT molecular complexity index is 1010. The van der Waals surface area contributed by atoms with Crippen LogP contribution in [-0.2, 0) is 10.3 Å². The number of anilines is 1. The van der Waals surface area contributed by atoms with E-state index in [0.29, 0.717) is 0 Å². The molecule has 0 saturated heterocycles. The van der Waals surface area contributed by atoms with Crippen LogP contribution in [0.5, 0.6) is 5.75 Å². The Kier molecular flexibility index (Phi) is 5.19. The zero-order valence-corrected chi connectivity index (χ0v) is 15.3. The van der Waals surface area contributed by atoms with Crippen molar-refractivity contribution in [1.82, 2.24) is 4.98 Å². The number of carbonyl (C=O) groups is 1. The molecule has 3 rings (SSSR count). The highest BCUT2D eigenvalue weighted by atomic mass is 35.5. The molecular weight excluding hydrogens is 394 g/mol. The van der Waals surface area contributed by atoms with Gasteiger partial charge in [-0.3, -0.25) is 4.79 Å². The minimum atomic E-state index is -1.34. The van der Waals surface area contributed by atoms with Crippen molar-refractivity contribution >= 4 is 29.2 Å². The maximum Gasteiger partial charge on any atom is 0.288 e. The van der Waals surface area contributed by atoms with Crippen LogP contribution >= 0.6 is 11.6 Å². The van der Waals surface area contributed by atoms with Gasteiger partial charge in [0.25, 0.3) is 11.9 Å². The lowest BCUT2D eigenvalue weighted by atomic mass is 9.90. The number of hydrogen-bond acceptors (Lipinski definition) is 6. The molecule has 0 aliphatic carbocycles. The number of allylic oxidation sites excluding steroid dienone is 1. The molecule has 0 spiro atoms. The Labute approximate surface area is 163 Å². The molecule has 2 heterocycles. The van der Waals surface area contributed by atoms with E-state index in [9.17, 15) is 18.7 Å². The molecule has 1 amide bonds. The monoisotopic (exact) mass is 408 g/mol. The van der Waals surface area contributed by atoms with Gasteiger partial charge in [0, 0.05) is 23.5 Å². The molecule has 146 valence electrons. The number of aliphatic imine (C=N–C) groups is 1. The van der Waals surface area contributed by atoms with Gasteiger partial charge in [0.05, 0.1) is 5.02 Å². The number of nitrogens with two attached hydrogens (primary N) is 1. The highest BCUT2D eigenvalue weighted by Crippen LogP contribution is 2.35. The maximum atomic E-state index is 14.5. The molecular formula is C18H15ClF2N4O3. The van der Waals surface area contributed by atoms with E-state index in [1.165, 1.54) is 37.4 Å². The number of hydrogen-bond donors (Lipinski definition) is 3. The highest BCUT2D eigenvalue weighted by Gasteiger charge is 2.32. The molecule has 1 aliphatic heterocycles. The van der Waals surface area contributed by atoms with Crippen LogP contribution in [0.1, 0.15) is 23.0 Å². The summed E-state index contributed by atoms with van der Waals surface area (Å²) in [6.45, 7) is 0.583. The smallest absolute Gasteiger partial charge is 0.288 e. The van der Waals surface area contributed by atoms with Gasteiger partial charge in [0.15, 0.2) is 5.69 Å². The Morgan fingerprint density at radius 2 is 2.18 bits per heavy atom. The Balaban J connectivity index is 1.95. The SMILES string of the molecule is C[C@@]1(c2cc(NC(=O)c3ncc(Cl)cc3O)ccc2F)C=C(CF)OC(N)=N1. The largest absolute Gasteiger partial charge is 0.505 e. The zero-order valence-electron chi connectivity index (χ0n) is 14.5. The van der Waals surface area contributed by atoms with Gasteiger partial charge in [0.2, 0.25) is 0 Å². The zero-order chi connectivity index (χ0) is 20.5. The minimum Gasteiger partial charge on any atom is -0.505 e. The second kappa shape index (κ2) is 7.43. The van der Waals surface area contributed by atoms with Crippen LogP contribution in [0, 0.1) is 5.82 Å². The quantitative estimate of drug-likeness (QED) is 0.719. The van der Waals surface area contributed by atoms with E-state index >= 15 is 0 Å². The van der Waals surface area contributed by atoms with Crippen molar-refractivity contribution < 1.29 is 23.4 Å². The third kappa shape index (κ3) is 3.89. The predicted molar refractivity (Wildman–Crippen MR) is 99.4 cm³/mol. The Hall–Kier alpha value is -3.20. The fourth-order valence-electron chi connectivity index (χ4n) is 2.75. The van der Waals surface area contributed by atoms with Crippen molar-refractivity contribution in [3.8, 4) is 5.75 Å². The number of amidine groups is 1. The number of rotatable bonds is 4. The van der Waals surface area contributed by atoms with E-state index < -0.39 is 29.7 Å². The number of nitrogens with zero attached hydrogens (tertiary/aromatic N) is 2. The molecule has 1 atom stereocenters. The molecule has 0 unspecified atom stereocenters. The van der Waals surface area contributed by atoms with Gasteiger partial charge in [-0.25, -0.2) is 18.8 Å². The van der Waals surface area contributed by atoms with Crippen LogP contribution in [-0.4, -0.2) is 28.7 Å². The molecule has 2 aromatic rings. The molecule has 0 radical (unpaired) electrons. The van der Waals surface area contributed by atoms with Crippen molar-refractivity contribution in [2.75, 3.05) is 12.0 Å².